The fourth-order valence-electron chi connectivity index (χ4n) is 1.87. The molecule has 0 unspecified atom stereocenters. The molecule has 1 heterocycles. The SMILES string of the molecule is O=[N+]([O-])c1cccc(Nc2nnc(-c3ccc(Cl)cc3Cl)o2)c1. The van der Waals surface area contributed by atoms with Crippen LogP contribution in [0.25, 0.3) is 11.5 Å². The number of nitro groups is 1. The van der Waals surface area contributed by atoms with E-state index in [9.17, 15) is 10.1 Å². The number of rotatable bonds is 4. The fraction of sp³-hybridized carbons (Fsp3) is 0. The van der Waals surface area contributed by atoms with Gasteiger partial charge in [0.25, 0.3) is 11.6 Å². The molecule has 1 aromatic heterocycles. The number of hydrogen-bond donors (Lipinski definition) is 1. The summed E-state index contributed by atoms with van der Waals surface area (Å²) in [6, 6.07) is 10.9. The first-order valence-electron chi connectivity index (χ1n) is 6.33. The lowest BCUT2D eigenvalue weighted by atomic mass is 10.2. The van der Waals surface area contributed by atoms with E-state index in [2.05, 4.69) is 15.5 Å². The maximum absolute atomic E-state index is 10.8. The molecule has 0 saturated heterocycles. The van der Waals surface area contributed by atoms with Gasteiger partial charge in [0.15, 0.2) is 0 Å². The first-order chi connectivity index (χ1) is 11.0. The van der Waals surface area contributed by atoms with E-state index in [0.717, 1.165) is 0 Å². The molecule has 0 amide bonds. The summed E-state index contributed by atoms with van der Waals surface area (Å²) in [7, 11) is 0. The van der Waals surface area contributed by atoms with E-state index in [0.29, 0.717) is 21.3 Å². The number of nitrogens with zero attached hydrogens (tertiary/aromatic N) is 3. The molecule has 2 aromatic carbocycles. The maximum Gasteiger partial charge on any atom is 0.320 e. The van der Waals surface area contributed by atoms with Crippen LogP contribution in [0.5, 0.6) is 0 Å². The first-order valence-corrected chi connectivity index (χ1v) is 7.09. The number of anilines is 2. The quantitative estimate of drug-likeness (QED) is 0.541. The molecule has 0 fully saturated rings. The minimum Gasteiger partial charge on any atom is -0.403 e. The molecule has 23 heavy (non-hydrogen) atoms. The third kappa shape index (κ3) is 3.41. The molecule has 0 aliphatic heterocycles. The monoisotopic (exact) mass is 350 g/mol. The minimum atomic E-state index is -0.488. The number of nitrogens with one attached hydrogen (secondary N) is 1. The van der Waals surface area contributed by atoms with Gasteiger partial charge in [-0.15, -0.1) is 5.10 Å². The highest BCUT2D eigenvalue weighted by Gasteiger charge is 2.13. The summed E-state index contributed by atoms with van der Waals surface area (Å²) in [4.78, 5) is 10.3. The van der Waals surface area contributed by atoms with Crippen LogP contribution >= 0.6 is 23.2 Å². The van der Waals surface area contributed by atoms with Crippen LogP contribution in [-0.2, 0) is 0 Å². The molecule has 0 bridgehead atoms. The Morgan fingerprint density at radius 3 is 2.70 bits per heavy atom. The Morgan fingerprint density at radius 1 is 1.13 bits per heavy atom. The second-order valence-electron chi connectivity index (χ2n) is 4.47. The second-order valence-corrected chi connectivity index (χ2v) is 5.31. The van der Waals surface area contributed by atoms with Crippen LogP contribution in [0.4, 0.5) is 17.4 Å². The molecule has 1 N–H and O–H groups in total. The molecule has 0 atom stereocenters. The number of non-ortho nitro benzene ring substituents is 1. The van der Waals surface area contributed by atoms with Crippen LogP contribution in [0.2, 0.25) is 10.0 Å². The Kier molecular flexibility index (Phi) is 4.14. The van der Waals surface area contributed by atoms with Crippen molar-refractivity contribution in [3.63, 3.8) is 0 Å². The maximum atomic E-state index is 10.8. The largest absolute Gasteiger partial charge is 0.403 e. The van der Waals surface area contributed by atoms with Crippen molar-refractivity contribution < 1.29 is 9.34 Å². The standard InChI is InChI=1S/C14H8Cl2N4O3/c15-8-4-5-11(12(16)6-8)13-18-19-14(23-13)17-9-2-1-3-10(7-9)20(21)22/h1-7H,(H,17,19). The third-order valence-corrected chi connectivity index (χ3v) is 3.44. The van der Waals surface area contributed by atoms with Gasteiger partial charge in [-0.3, -0.25) is 10.1 Å². The van der Waals surface area contributed by atoms with Crippen molar-refractivity contribution in [2.24, 2.45) is 0 Å². The summed E-state index contributed by atoms with van der Waals surface area (Å²) >= 11 is 11.9. The van der Waals surface area contributed by atoms with Gasteiger partial charge in [-0.1, -0.05) is 34.4 Å². The van der Waals surface area contributed by atoms with E-state index in [1.54, 1.807) is 30.3 Å². The highest BCUT2D eigenvalue weighted by molar-refractivity contribution is 6.36. The van der Waals surface area contributed by atoms with Gasteiger partial charge in [0.1, 0.15) is 0 Å². The third-order valence-electron chi connectivity index (χ3n) is 2.89. The van der Waals surface area contributed by atoms with E-state index in [1.807, 2.05) is 0 Å². The lowest BCUT2D eigenvalue weighted by molar-refractivity contribution is -0.384. The van der Waals surface area contributed by atoms with Crippen LogP contribution in [-0.4, -0.2) is 15.1 Å². The lowest BCUT2D eigenvalue weighted by Gasteiger charge is -2.01. The molecule has 0 radical (unpaired) electrons. The summed E-state index contributed by atoms with van der Waals surface area (Å²) in [6.07, 6.45) is 0. The fourth-order valence-corrected chi connectivity index (χ4v) is 2.36. The average Bonchev–Trinajstić information content (AvgIpc) is 2.95. The molecule has 3 aromatic rings. The van der Waals surface area contributed by atoms with Crippen molar-refractivity contribution in [1.82, 2.24) is 10.2 Å². The zero-order chi connectivity index (χ0) is 16.4. The summed E-state index contributed by atoms with van der Waals surface area (Å²) in [5.41, 5.74) is 0.947. The van der Waals surface area contributed by atoms with E-state index in [1.165, 1.54) is 12.1 Å². The first kappa shape index (κ1) is 15.3. The van der Waals surface area contributed by atoms with Gasteiger partial charge in [-0.25, -0.2) is 0 Å². The molecule has 0 saturated carbocycles. The van der Waals surface area contributed by atoms with E-state index in [4.69, 9.17) is 27.6 Å². The van der Waals surface area contributed by atoms with Gasteiger partial charge in [0, 0.05) is 22.8 Å². The lowest BCUT2D eigenvalue weighted by Crippen LogP contribution is -1.93. The number of aromatic nitrogens is 2. The molecule has 0 spiro atoms. The Hall–Kier alpha value is -2.64. The van der Waals surface area contributed by atoms with Crippen molar-refractivity contribution in [3.05, 3.63) is 62.6 Å². The van der Waals surface area contributed by atoms with Crippen LogP contribution in [0.1, 0.15) is 0 Å². The second kappa shape index (κ2) is 6.23. The Labute approximate surface area is 140 Å². The van der Waals surface area contributed by atoms with Gasteiger partial charge in [-0.05, 0) is 24.3 Å². The molecule has 9 heteroatoms. The summed E-state index contributed by atoms with van der Waals surface area (Å²) in [5, 5.41) is 22.2. The van der Waals surface area contributed by atoms with Gasteiger partial charge >= 0.3 is 6.01 Å². The molecular weight excluding hydrogens is 343 g/mol. The van der Waals surface area contributed by atoms with Crippen LogP contribution in [0.15, 0.2) is 46.9 Å². The summed E-state index contributed by atoms with van der Waals surface area (Å²) in [6.45, 7) is 0. The number of halogens is 2. The average molecular weight is 351 g/mol. The van der Waals surface area contributed by atoms with Gasteiger partial charge in [-0.2, -0.15) is 0 Å². The number of nitro benzene ring substituents is 1. The summed E-state index contributed by atoms with van der Waals surface area (Å²) < 4.78 is 5.46. The Balaban J connectivity index is 1.85. The highest BCUT2D eigenvalue weighted by atomic mass is 35.5. The van der Waals surface area contributed by atoms with Crippen molar-refractivity contribution in [2.45, 2.75) is 0 Å². The molecule has 0 aliphatic rings. The topological polar surface area (TPSA) is 94.1 Å². The van der Waals surface area contributed by atoms with Gasteiger partial charge in [0.2, 0.25) is 0 Å². The minimum absolute atomic E-state index is 0.0458. The Morgan fingerprint density at radius 2 is 1.96 bits per heavy atom. The van der Waals surface area contributed by atoms with E-state index < -0.39 is 4.92 Å². The molecule has 7 nitrogen and oxygen atoms in total. The van der Waals surface area contributed by atoms with E-state index in [-0.39, 0.29) is 17.6 Å². The van der Waals surface area contributed by atoms with Crippen LogP contribution < -0.4 is 5.32 Å². The van der Waals surface area contributed by atoms with Gasteiger partial charge in [0.05, 0.1) is 15.5 Å². The molecule has 116 valence electrons. The summed E-state index contributed by atoms with van der Waals surface area (Å²) in [5.74, 6) is 0.208. The van der Waals surface area contributed by atoms with Crippen LogP contribution in [0, 0.1) is 10.1 Å². The number of hydrogen-bond acceptors (Lipinski definition) is 6. The number of benzene rings is 2. The van der Waals surface area contributed by atoms with E-state index >= 15 is 0 Å². The smallest absolute Gasteiger partial charge is 0.320 e. The van der Waals surface area contributed by atoms with Gasteiger partial charge < -0.3 is 9.73 Å². The zero-order valence-corrected chi connectivity index (χ0v) is 12.9. The predicted octanol–water partition coefficient (Wildman–Crippen LogP) is 4.70. The van der Waals surface area contributed by atoms with Crippen molar-refractivity contribution in [1.29, 1.82) is 0 Å². The van der Waals surface area contributed by atoms with Crippen molar-refractivity contribution in [2.75, 3.05) is 5.32 Å². The van der Waals surface area contributed by atoms with Crippen molar-refractivity contribution in [3.8, 4) is 11.5 Å². The highest BCUT2D eigenvalue weighted by Crippen LogP contribution is 2.30. The molecule has 3 rings (SSSR count). The zero-order valence-electron chi connectivity index (χ0n) is 11.4. The Bertz CT molecular complexity index is 882. The molecular formula is C14H8Cl2N4O3. The molecule has 0 aliphatic carbocycles. The normalized spacial score (nSPS) is 10.5. The predicted molar refractivity (Wildman–Crippen MR) is 86.1 cm³/mol. The van der Waals surface area contributed by atoms with Crippen LogP contribution in [0.3, 0.4) is 0 Å². The van der Waals surface area contributed by atoms with Crippen molar-refractivity contribution >= 4 is 40.6 Å².